The number of hydrogen-bond acceptors (Lipinski definition) is 4. The van der Waals surface area contributed by atoms with Crippen LogP contribution in [0.4, 0.5) is 0 Å². The molecule has 0 unspecified atom stereocenters. The van der Waals surface area contributed by atoms with Crippen molar-refractivity contribution in [3.8, 4) is 0 Å². The van der Waals surface area contributed by atoms with Gasteiger partial charge in [0.1, 0.15) is 0 Å². The minimum atomic E-state index is -0.152. The molecule has 0 aromatic carbocycles. The fourth-order valence-electron chi connectivity index (χ4n) is 2.11. The quantitative estimate of drug-likeness (QED) is 0.322. The van der Waals surface area contributed by atoms with E-state index in [1.54, 1.807) is 0 Å². The average molecular weight is 314 g/mol. The zero-order valence-corrected chi connectivity index (χ0v) is 14.5. The van der Waals surface area contributed by atoms with Crippen molar-refractivity contribution in [2.24, 2.45) is 0 Å². The smallest absolute Gasteiger partial charge is 0.305 e. The van der Waals surface area contributed by atoms with Gasteiger partial charge in [-0.1, -0.05) is 52.4 Å². The molecule has 0 aromatic heterocycles. The Labute approximate surface area is 135 Å². The van der Waals surface area contributed by atoms with Crippen LogP contribution in [0.5, 0.6) is 0 Å². The van der Waals surface area contributed by atoms with Crippen molar-refractivity contribution in [1.82, 2.24) is 0 Å². The van der Waals surface area contributed by atoms with Crippen LogP contribution in [0.3, 0.4) is 0 Å². The highest BCUT2D eigenvalue weighted by Crippen LogP contribution is 2.06. The lowest BCUT2D eigenvalue weighted by atomic mass is 10.2. The molecule has 4 heteroatoms. The summed E-state index contributed by atoms with van der Waals surface area (Å²) in [6.07, 6.45) is 11.1. The van der Waals surface area contributed by atoms with E-state index in [2.05, 4.69) is 13.8 Å². The number of carbonyl (C=O) groups is 2. The van der Waals surface area contributed by atoms with Gasteiger partial charge in [0.2, 0.25) is 0 Å². The predicted molar refractivity (Wildman–Crippen MR) is 88.7 cm³/mol. The van der Waals surface area contributed by atoms with Gasteiger partial charge in [-0.3, -0.25) is 9.59 Å². The van der Waals surface area contributed by atoms with Crippen LogP contribution in [0.15, 0.2) is 0 Å². The number of esters is 2. The fraction of sp³-hybridized carbons (Fsp3) is 0.889. The highest BCUT2D eigenvalue weighted by atomic mass is 16.5. The highest BCUT2D eigenvalue weighted by Gasteiger charge is 2.06. The molecule has 130 valence electrons. The lowest BCUT2D eigenvalue weighted by Crippen LogP contribution is -2.08. The van der Waals surface area contributed by atoms with Gasteiger partial charge in [-0.2, -0.15) is 0 Å². The Morgan fingerprint density at radius 3 is 1.50 bits per heavy atom. The molecule has 0 bridgehead atoms. The second kappa shape index (κ2) is 16.3. The van der Waals surface area contributed by atoms with Crippen LogP contribution in [-0.2, 0) is 19.1 Å². The zero-order valence-electron chi connectivity index (χ0n) is 14.5. The standard InChI is InChI=1S/C18H34O4/c1-3-5-7-8-12-16-22-18(20)14-10-9-13-17(19)21-15-11-6-4-2/h3-16H2,1-2H3. The van der Waals surface area contributed by atoms with Crippen LogP contribution in [0.25, 0.3) is 0 Å². The first-order valence-electron chi connectivity index (χ1n) is 9.02. The zero-order chi connectivity index (χ0) is 16.5. The van der Waals surface area contributed by atoms with Gasteiger partial charge in [-0.15, -0.1) is 0 Å². The maximum absolute atomic E-state index is 11.5. The van der Waals surface area contributed by atoms with E-state index in [4.69, 9.17) is 9.47 Å². The molecular formula is C18H34O4. The Kier molecular flexibility index (Phi) is 15.5. The predicted octanol–water partition coefficient (Wildman–Crippen LogP) is 4.79. The maximum Gasteiger partial charge on any atom is 0.305 e. The lowest BCUT2D eigenvalue weighted by molar-refractivity contribution is -0.146. The fourth-order valence-corrected chi connectivity index (χ4v) is 2.11. The van der Waals surface area contributed by atoms with Crippen molar-refractivity contribution in [2.45, 2.75) is 90.9 Å². The summed E-state index contributed by atoms with van der Waals surface area (Å²) in [6.45, 7) is 5.35. The highest BCUT2D eigenvalue weighted by molar-refractivity contribution is 5.70. The van der Waals surface area contributed by atoms with Gasteiger partial charge in [-0.05, 0) is 25.7 Å². The Balaban J connectivity index is 3.32. The number of ether oxygens (including phenoxy) is 2. The summed E-state index contributed by atoms with van der Waals surface area (Å²) < 4.78 is 10.3. The molecular weight excluding hydrogens is 280 g/mol. The van der Waals surface area contributed by atoms with Crippen LogP contribution in [0.2, 0.25) is 0 Å². The minimum Gasteiger partial charge on any atom is -0.466 e. The van der Waals surface area contributed by atoms with Crippen molar-refractivity contribution in [1.29, 1.82) is 0 Å². The first-order valence-corrected chi connectivity index (χ1v) is 9.02. The first-order chi connectivity index (χ1) is 10.7. The molecule has 0 atom stereocenters. The van der Waals surface area contributed by atoms with Gasteiger partial charge >= 0.3 is 11.9 Å². The SMILES string of the molecule is CCCCCCCOC(=O)CCCCC(=O)OCCCCC. The molecule has 0 aliphatic rings. The number of rotatable bonds is 15. The summed E-state index contributed by atoms with van der Waals surface area (Å²) in [5.74, 6) is -0.299. The molecule has 0 aliphatic heterocycles. The van der Waals surface area contributed by atoms with E-state index in [1.807, 2.05) is 0 Å². The third-order valence-electron chi connectivity index (χ3n) is 3.53. The van der Waals surface area contributed by atoms with E-state index in [0.29, 0.717) is 38.9 Å². The van der Waals surface area contributed by atoms with Crippen LogP contribution >= 0.6 is 0 Å². The molecule has 0 radical (unpaired) electrons. The second-order valence-electron chi connectivity index (χ2n) is 5.77. The number of unbranched alkanes of at least 4 members (excludes halogenated alkanes) is 7. The topological polar surface area (TPSA) is 52.6 Å². The Hall–Kier alpha value is -1.06. The van der Waals surface area contributed by atoms with Crippen molar-refractivity contribution < 1.29 is 19.1 Å². The molecule has 4 nitrogen and oxygen atoms in total. The number of hydrogen-bond donors (Lipinski definition) is 0. The normalized spacial score (nSPS) is 10.5. The first kappa shape index (κ1) is 20.9. The largest absolute Gasteiger partial charge is 0.466 e. The Bertz CT molecular complexity index is 276. The van der Waals surface area contributed by atoms with E-state index >= 15 is 0 Å². The molecule has 0 N–H and O–H groups in total. The van der Waals surface area contributed by atoms with E-state index in [0.717, 1.165) is 32.1 Å². The molecule has 0 rings (SSSR count). The Morgan fingerprint density at radius 2 is 1.00 bits per heavy atom. The molecule has 22 heavy (non-hydrogen) atoms. The van der Waals surface area contributed by atoms with Gasteiger partial charge in [0.15, 0.2) is 0 Å². The van der Waals surface area contributed by atoms with E-state index in [-0.39, 0.29) is 11.9 Å². The van der Waals surface area contributed by atoms with Crippen molar-refractivity contribution >= 4 is 11.9 Å². The molecule has 0 fully saturated rings. The van der Waals surface area contributed by atoms with Crippen molar-refractivity contribution in [2.75, 3.05) is 13.2 Å². The van der Waals surface area contributed by atoms with Crippen LogP contribution < -0.4 is 0 Å². The van der Waals surface area contributed by atoms with Gasteiger partial charge in [0.05, 0.1) is 13.2 Å². The summed E-state index contributed by atoms with van der Waals surface area (Å²) in [6, 6.07) is 0. The van der Waals surface area contributed by atoms with Crippen molar-refractivity contribution in [3.63, 3.8) is 0 Å². The third-order valence-corrected chi connectivity index (χ3v) is 3.53. The monoisotopic (exact) mass is 314 g/mol. The number of carbonyl (C=O) groups excluding carboxylic acids is 2. The molecule has 0 amide bonds. The van der Waals surface area contributed by atoms with Crippen molar-refractivity contribution in [3.05, 3.63) is 0 Å². The average Bonchev–Trinajstić information content (AvgIpc) is 2.51. The van der Waals surface area contributed by atoms with Gasteiger partial charge in [-0.25, -0.2) is 0 Å². The molecule has 0 spiro atoms. The molecule has 0 saturated heterocycles. The van der Waals surface area contributed by atoms with Gasteiger partial charge < -0.3 is 9.47 Å². The second-order valence-corrected chi connectivity index (χ2v) is 5.77. The molecule has 0 saturated carbocycles. The molecule has 0 aromatic rings. The van der Waals surface area contributed by atoms with E-state index < -0.39 is 0 Å². The molecule has 0 aliphatic carbocycles. The summed E-state index contributed by atoms with van der Waals surface area (Å²) in [4.78, 5) is 22.9. The lowest BCUT2D eigenvalue weighted by Gasteiger charge is -2.05. The maximum atomic E-state index is 11.5. The van der Waals surface area contributed by atoms with Crippen LogP contribution in [-0.4, -0.2) is 25.2 Å². The summed E-state index contributed by atoms with van der Waals surface area (Å²) in [5.41, 5.74) is 0. The minimum absolute atomic E-state index is 0.146. The van der Waals surface area contributed by atoms with E-state index in [1.165, 1.54) is 19.3 Å². The van der Waals surface area contributed by atoms with E-state index in [9.17, 15) is 9.59 Å². The van der Waals surface area contributed by atoms with Gasteiger partial charge in [0.25, 0.3) is 0 Å². The Morgan fingerprint density at radius 1 is 0.591 bits per heavy atom. The summed E-state index contributed by atoms with van der Waals surface area (Å²) in [5, 5.41) is 0. The molecule has 0 heterocycles. The van der Waals surface area contributed by atoms with Crippen LogP contribution in [0.1, 0.15) is 90.9 Å². The summed E-state index contributed by atoms with van der Waals surface area (Å²) >= 11 is 0. The third kappa shape index (κ3) is 15.3. The van der Waals surface area contributed by atoms with Crippen LogP contribution in [0, 0.1) is 0 Å². The summed E-state index contributed by atoms with van der Waals surface area (Å²) in [7, 11) is 0. The van der Waals surface area contributed by atoms with Gasteiger partial charge in [0, 0.05) is 12.8 Å².